The highest BCUT2D eigenvalue weighted by atomic mass is 32.2. The maximum absolute atomic E-state index is 13.6. The lowest BCUT2D eigenvalue weighted by molar-refractivity contribution is -0.235. The summed E-state index contributed by atoms with van der Waals surface area (Å²) in [5, 5.41) is 0. The SMILES string of the molecule is C=C1CCOP(=O)(OC2C(Sc3ccccc3)OC(COCCCC)C(OCCCC)C2OCCCC)O1. The van der Waals surface area contributed by atoms with Crippen molar-refractivity contribution in [2.45, 2.75) is 100 Å². The topological polar surface area (TPSA) is 81.7 Å². The van der Waals surface area contributed by atoms with E-state index in [9.17, 15) is 4.57 Å². The van der Waals surface area contributed by atoms with Crippen LogP contribution in [0.5, 0.6) is 0 Å². The number of benzene rings is 1. The van der Waals surface area contributed by atoms with Crippen molar-refractivity contribution in [1.82, 2.24) is 0 Å². The fourth-order valence-electron chi connectivity index (χ4n) is 4.12. The second kappa shape index (κ2) is 17.0. The number of phosphoric acid groups is 1. The summed E-state index contributed by atoms with van der Waals surface area (Å²) in [6.07, 6.45) is 4.03. The largest absolute Gasteiger partial charge is 0.530 e. The molecule has 3 rings (SSSR count). The van der Waals surface area contributed by atoms with Gasteiger partial charge in [0.05, 0.1) is 13.2 Å². The predicted octanol–water partition coefficient (Wildman–Crippen LogP) is 7.13. The Hall–Kier alpha value is -0.900. The van der Waals surface area contributed by atoms with Crippen LogP contribution in [-0.4, -0.2) is 62.9 Å². The lowest BCUT2D eigenvalue weighted by Crippen LogP contribution is -2.60. The normalized spacial score (nSPS) is 29.8. The fourth-order valence-corrected chi connectivity index (χ4v) is 6.74. The van der Waals surface area contributed by atoms with E-state index in [-0.39, 0.29) is 12.7 Å². The number of ether oxygens (including phenoxy) is 4. The van der Waals surface area contributed by atoms with Crippen LogP contribution < -0.4 is 0 Å². The molecule has 0 radical (unpaired) electrons. The van der Waals surface area contributed by atoms with Gasteiger partial charge < -0.3 is 23.5 Å². The Balaban J connectivity index is 1.93. The van der Waals surface area contributed by atoms with Gasteiger partial charge in [-0.2, -0.15) is 0 Å². The molecule has 2 aliphatic heterocycles. The van der Waals surface area contributed by atoms with Crippen LogP contribution in [-0.2, 0) is 37.1 Å². The molecule has 2 heterocycles. The summed E-state index contributed by atoms with van der Waals surface area (Å²) in [5.41, 5.74) is -0.567. The second-order valence-corrected chi connectivity index (χ2v) is 12.2. The van der Waals surface area contributed by atoms with Crippen LogP contribution in [0.2, 0.25) is 0 Å². The Bertz CT molecular complexity index is 857. The van der Waals surface area contributed by atoms with E-state index in [1.807, 2.05) is 30.3 Å². The van der Waals surface area contributed by atoms with E-state index in [2.05, 4.69) is 27.4 Å². The van der Waals surface area contributed by atoms with E-state index in [1.54, 1.807) is 0 Å². The Labute approximate surface area is 232 Å². The standard InChI is InChI=1S/C28H45O8PS/c1-5-8-17-30-21-24-25(31-18-9-6-2)26(32-19-10-7-3)27(36-37(29)33-20-16-22(4)35-37)28(34-24)38-23-14-12-11-13-15-23/h11-15,24-28H,4-10,16-21H2,1-3H3. The van der Waals surface area contributed by atoms with Gasteiger partial charge >= 0.3 is 7.82 Å². The number of unbranched alkanes of at least 4 members (excludes halogenated alkanes) is 3. The molecule has 216 valence electrons. The molecular formula is C28H45O8PS. The van der Waals surface area contributed by atoms with Crippen molar-refractivity contribution in [3.8, 4) is 0 Å². The van der Waals surface area contributed by atoms with E-state index >= 15 is 0 Å². The fraction of sp³-hybridized carbons (Fsp3) is 0.714. The number of hydrogen-bond acceptors (Lipinski definition) is 9. The molecule has 2 fully saturated rings. The van der Waals surface area contributed by atoms with Crippen LogP contribution in [0.4, 0.5) is 0 Å². The summed E-state index contributed by atoms with van der Waals surface area (Å²) in [4.78, 5) is 0.989. The zero-order valence-electron chi connectivity index (χ0n) is 23.1. The lowest BCUT2D eigenvalue weighted by Gasteiger charge is -2.46. The molecule has 0 saturated carbocycles. The number of thioether (sulfide) groups is 1. The van der Waals surface area contributed by atoms with Gasteiger partial charge in [-0.1, -0.05) is 76.6 Å². The summed E-state index contributed by atoms with van der Waals surface area (Å²) in [5.74, 6) is 0.380. The first kappa shape index (κ1) is 31.6. The first-order valence-corrected chi connectivity index (χ1v) is 16.3. The minimum Gasteiger partial charge on any atom is -0.409 e. The van der Waals surface area contributed by atoms with Crippen molar-refractivity contribution in [2.24, 2.45) is 0 Å². The van der Waals surface area contributed by atoms with Gasteiger partial charge in [0.1, 0.15) is 35.6 Å². The van der Waals surface area contributed by atoms with Crippen molar-refractivity contribution >= 4 is 19.6 Å². The molecule has 38 heavy (non-hydrogen) atoms. The van der Waals surface area contributed by atoms with E-state index in [0.29, 0.717) is 38.6 Å². The van der Waals surface area contributed by atoms with Gasteiger partial charge in [-0.25, -0.2) is 4.57 Å². The molecule has 8 nitrogen and oxygen atoms in total. The van der Waals surface area contributed by atoms with Crippen molar-refractivity contribution in [3.63, 3.8) is 0 Å². The molecule has 1 aromatic rings. The maximum atomic E-state index is 13.6. The van der Waals surface area contributed by atoms with Crippen LogP contribution in [0.15, 0.2) is 47.6 Å². The van der Waals surface area contributed by atoms with Crippen LogP contribution >= 0.6 is 19.6 Å². The van der Waals surface area contributed by atoms with Gasteiger partial charge in [0.25, 0.3) is 0 Å². The van der Waals surface area contributed by atoms with Crippen LogP contribution in [0, 0.1) is 0 Å². The summed E-state index contributed by atoms with van der Waals surface area (Å²) < 4.78 is 56.3. The second-order valence-electron chi connectivity index (χ2n) is 9.51. The third-order valence-corrected chi connectivity index (χ3v) is 8.89. The zero-order valence-corrected chi connectivity index (χ0v) is 24.8. The van der Waals surface area contributed by atoms with E-state index in [4.69, 9.17) is 32.5 Å². The Morgan fingerprint density at radius 1 is 0.947 bits per heavy atom. The van der Waals surface area contributed by atoms with Gasteiger partial charge in [0.15, 0.2) is 0 Å². The molecule has 1 aromatic carbocycles. The summed E-state index contributed by atoms with van der Waals surface area (Å²) in [6.45, 7) is 12.5. The molecule has 0 amide bonds. The molecule has 2 aliphatic rings. The van der Waals surface area contributed by atoms with Gasteiger partial charge in [-0.15, -0.1) is 0 Å². The molecular weight excluding hydrogens is 527 g/mol. The first-order chi connectivity index (χ1) is 18.5. The van der Waals surface area contributed by atoms with Gasteiger partial charge in [0, 0.05) is 31.1 Å². The summed E-state index contributed by atoms with van der Waals surface area (Å²) >= 11 is 1.49. The minimum absolute atomic E-state index is 0.214. The highest BCUT2D eigenvalue weighted by molar-refractivity contribution is 7.99. The molecule has 0 aromatic heterocycles. The molecule has 6 atom stereocenters. The minimum atomic E-state index is -3.92. The molecule has 0 spiro atoms. The molecule has 0 N–H and O–H groups in total. The van der Waals surface area contributed by atoms with Gasteiger partial charge in [-0.3, -0.25) is 9.05 Å². The number of rotatable bonds is 17. The molecule has 2 saturated heterocycles. The monoisotopic (exact) mass is 572 g/mol. The number of hydrogen-bond donors (Lipinski definition) is 0. The van der Waals surface area contributed by atoms with E-state index < -0.39 is 31.6 Å². The highest BCUT2D eigenvalue weighted by Crippen LogP contribution is 2.57. The highest BCUT2D eigenvalue weighted by Gasteiger charge is 2.52. The Morgan fingerprint density at radius 2 is 1.61 bits per heavy atom. The average molecular weight is 573 g/mol. The lowest BCUT2D eigenvalue weighted by atomic mass is 9.99. The van der Waals surface area contributed by atoms with Crippen molar-refractivity contribution in [3.05, 3.63) is 42.7 Å². The van der Waals surface area contributed by atoms with Crippen LogP contribution in [0.3, 0.4) is 0 Å². The van der Waals surface area contributed by atoms with Crippen molar-refractivity contribution in [2.75, 3.05) is 33.0 Å². The quantitative estimate of drug-likeness (QED) is 0.143. The maximum Gasteiger partial charge on any atom is 0.530 e. The summed E-state index contributed by atoms with van der Waals surface area (Å²) in [7, 11) is -3.92. The Kier molecular flexibility index (Phi) is 14.2. The number of phosphoric ester groups is 1. The van der Waals surface area contributed by atoms with E-state index in [1.165, 1.54) is 11.8 Å². The average Bonchev–Trinajstić information content (AvgIpc) is 2.90. The molecule has 0 bridgehead atoms. The van der Waals surface area contributed by atoms with Crippen molar-refractivity contribution < 1.29 is 37.1 Å². The zero-order chi connectivity index (χ0) is 27.2. The molecule has 0 aliphatic carbocycles. The molecule has 6 unspecified atom stereocenters. The van der Waals surface area contributed by atoms with Crippen molar-refractivity contribution in [1.29, 1.82) is 0 Å². The Morgan fingerprint density at radius 3 is 2.26 bits per heavy atom. The van der Waals surface area contributed by atoms with Gasteiger partial charge in [0.2, 0.25) is 0 Å². The predicted molar refractivity (Wildman–Crippen MR) is 149 cm³/mol. The summed E-state index contributed by atoms with van der Waals surface area (Å²) in [6, 6.07) is 9.92. The van der Waals surface area contributed by atoms with Crippen LogP contribution in [0.25, 0.3) is 0 Å². The van der Waals surface area contributed by atoms with Gasteiger partial charge in [-0.05, 0) is 31.4 Å². The van der Waals surface area contributed by atoms with Crippen LogP contribution in [0.1, 0.15) is 65.7 Å². The third kappa shape index (κ3) is 9.93. The third-order valence-electron chi connectivity index (χ3n) is 6.25. The molecule has 10 heteroatoms. The first-order valence-electron chi connectivity index (χ1n) is 14.0. The van der Waals surface area contributed by atoms with E-state index in [0.717, 1.165) is 43.4 Å². The smallest absolute Gasteiger partial charge is 0.409 e.